The number of phenols is 1. The first kappa shape index (κ1) is 21.7. The Kier molecular flexibility index (Phi) is 6.58. The average molecular weight is 470 g/mol. The molecule has 0 aliphatic carbocycles. The van der Waals surface area contributed by atoms with E-state index in [2.05, 4.69) is 15.5 Å². The number of halogens is 2. The van der Waals surface area contributed by atoms with Gasteiger partial charge in [-0.05, 0) is 47.5 Å². The van der Waals surface area contributed by atoms with Crippen LogP contribution in [0.1, 0.15) is 27.6 Å². The smallest absolute Gasteiger partial charge is 0.315 e. The summed E-state index contributed by atoms with van der Waals surface area (Å²) in [6, 6.07) is 19.9. The second kappa shape index (κ2) is 9.72. The van der Waals surface area contributed by atoms with E-state index < -0.39 is 5.91 Å². The van der Waals surface area contributed by atoms with Gasteiger partial charge in [0.1, 0.15) is 11.5 Å². The van der Waals surface area contributed by atoms with Crippen LogP contribution in [0.4, 0.5) is 0 Å². The molecule has 32 heavy (non-hydrogen) atoms. The van der Waals surface area contributed by atoms with E-state index in [9.17, 15) is 9.90 Å². The van der Waals surface area contributed by atoms with Crippen molar-refractivity contribution in [2.45, 2.75) is 13.0 Å². The summed E-state index contributed by atoms with van der Waals surface area (Å²) in [5, 5.41) is 16.4. The number of aromatic nitrogens is 2. The fraction of sp³-hybridized carbons (Fsp3) is 0.0870. The highest BCUT2D eigenvalue weighted by molar-refractivity contribution is 6.37. The predicted molar refractivity (Wildman–Crippen MR) is 119 cm³/mol. The third kappa shape index (κ3) is 5.38. The first-order valence-corrected chi connectivity index (χ1v) is 10.3. The minimum absolute atomic E-state index is 0.118. The number of hydrogen-bond acceptors (Lipinski definition) is 6. The van der Waals surface area contributed by atoms with Gasteiger partial charge < -0.3 is 19.7 Å². The van der Waals surface area contributed by atoms with Crippen molar-refractivity contribution >= 4 is 29.1 Å². The molecular formula is C23H17Cl2N3O4. The van der Waals surface area contributed by atoms with E-state index in [1.54, 1.807) is 12.1 Å². The summed E-state index contributed by atoms with van der Waals surface area (Å²) in [5.74, 6) is 0.819. The Morgan fingerprint density at radius 2 is 1.69 bits per heavy atom. The summed E-state index contributed by atoms with van der Waals surface area (Å²) in [7, 11) is 0. The molecule has 0 bridgehead atoms. The van der Waals surface area contributed by atoms with E-state index in [1.807, 2.05) is 54.6 Å². The summed E-state index contributed by atoms with van der Waals surface area (Å²) in [4.78, 5) is 16.5. The standard InChI is InChI=1S/C23H17Cl2N3O4/c24-18-10-15(11-19(25)21(18)29)12-20-27-23(32-28-20)22(30)26-13-14-5-4-8-17(9-14)31-16-6-2-1-3-7-16/h1-11,29H,12-13H2,(H,26,30). The van der Waals surface area contributed by atoms with Crippen LogP contribution < -0.4 is 10.1 Å². The fourth-order valence-corrected chi connectivity index (χ4v) is 3.45. The van der Waals surface area contributed by atoms with E-state index in [-0.39, 0.29) is 40.5 Å². The predicted octanol–water partition coefficient (Wildman–Crippen LogP) is 5.40. The molecule has 0 spiro atoms. The number of amides is 1. The monoisotopic (exact) mass is 469 g/mol. The molecular weight excluding hydrogens is 453 g/mol. The van der Waals surface area contributed by atoms with Crippen molar-refractivity contribution in [3.05, 3.63) is 99.6 Å². The minimum Gasteiger partial charge on any atom is -0.505 e. The third-order valence-corrected chi connectivity index (χ3v) is 5.01. The number of nitrogens with zero attached hydrogens (tertiary/aromatic N) is 2. The third-order valence-electron chi connectivity index (χ3n) is 4.43. The van der Waals surface area contributed by atoms with Crippen LogP contribution >= 0.6 is 23.2 Å². The minimum atomic E-state index is -0.500. The van der Waals surface area contributed by atoms with Gasteiger partial charge in [0.2, 0.25) is 0 Å². The number of phenolic OH excluding ortho intramolecular Hbond substituents is 1. The summed E-state index contributed by atoms with van der Waals surface area (Å²) >= 11 is 11.9. The second-order valence-corrected chi connectivity index (χ2v) is 7.66. The largest absolute Gasteiger partial charge is 0.505 e. The van der Waals surface area contributed by atoms with Gasteiger partial charge in [0, 0.05) is 13.0 Å². The molecule has 7 nitrogen and oxygen atoms in total. The van der Waals surface area contributed by atoms with Crippen molar-refractivity contribution in [2.75, 3.05) is 0 Å². The molecule has 1 aromatic heterocycles. The lowest BCUT2D eigenvalue weighted by Gasteiger charge is -2.08. The Morgan fingerprint density at radius 1 is 0.969 bits per heavy atom. The molecule has 0 saturated carbocycles. The zero-order valence-corrected chi connectivity index (χ0v) is 18.1. The molecule has 0 unspecified atom stereocenters. The molecule has 0 radical (unpaired) electrons. The van der Waals surface area contributed by atoms with Crippen molar-refractivity contribution in [1.29, 1.82) is 0 Å². The van der Waals surface area contributed by atoms with Crippen molar-refractivity contribution in [3.8, 4) is 17.2 Å². The molecule has 0 atom stereocenters. The van der Waals surface area contributed by atoms with Crippen LogP contribution in [-0.4, -0.2) is 21.2 Å². The van der Waals surface area contributed by atoms with E-state index in [4.69, 9.17) is 32.5 Å². The zero-order chi connectivity index (χ0) is 22.5. The van der Waals surface area contributed by atoms with Crippen LogP contribution in [0.15, 0.2) is 71.3 Å². The molecule has 3 aromatic carbocycles. The maximum absolute atomic E-state index is 12.4. The molecule has 9 heteroatoms. The number of carbonyl (C=O) groups is 1. The molecule has 0 aliphatic heterocycles. The maximum Gasteiger partial charge on any atom is 0.315 e. The van der Waals surface area contributed by atoms with Crippen LogP contribution in [0.5, 0.6) is 17.2 Å². The molecule has 4 rings (SSSR count). The number of aromatic hydroxyl groups is 1. The Morgan fingerprint density at radius 3 is 2.44 bits per heavy atom. The number of rotatable bonds is 7. The van der Waals surface area contributed by atoms with Crippen LogP contribution in [0.2, 0.25) is 10.0 Å². The molecule has 0 fully saturated rings. The number of benzene rings is 3. The van der Waals surface area contributed by atoms with E-state index >= 15 is 0 Å². The van der Waals surface area contributed by atoms with Gasteiger partial charge in [0.25, 0.3) is 0 Å². The highest BCUT2D eigenvalue weighted by Gasteiger charge is 2.16. The second-order valence-electron chi connectivity index (χ2n) is 6.85. The highest BCUT2D eigenvalue weighted by Crippen LogP contribution is 2.33. The van der Waals surface area contributed by atoms with Gasteiger partial charge in [-0.1, -0.05) is 58.7 Å². The summed E-state index contributed by atoms with van der Waals surface area (Å²) in [6.07, 6.45) is 0.232. The van der Waals surface area contributed by atoms with Gasteiger partial charge >= 0.3 is 11.8 Å². The Labute approximate surface area is 193 Å². The van der Waals surface area contributed by atoms with E-state index in [0.29, 0.717) is 11.3 Å². The summed E-state index contributed by atoms with van der Waals surface area (Å²) in [5.41, 5.74) is 1.51. The Hall–Kier alpha value is -3.55. The molecule has 1 heterocycles. The number of carbonyl (C=O) groups excluding carboxylic acids is 1. The number of para-hydroxylation sites is 1. The molecule has 162 valence electrons. The SMILES string of the molecule is O=C(NCc1cccc(Oc2ccccc2)c1)c1nc(Cc2cc(Cl)c(O)c(Cl)c2)no1. The first-order valence-electron chi connectivity index (χ1n) is 9.57. The summed E-state index contributed by atoms with van der Waals surface area (Å²) in [6.45, 7) is 0.256. The van der Waals surface area contributed by atoms with Crippen molar-refractivity contribution in [3.63, 3.8) is 0 Å². The topological polar surface area (TPSA) is 97.5 Å². The number of hydrogen-bond donors (Lipinski definition) is 2. The fourth-order valence-electron chi connectivity index (χ4n) is 2.92. The molecule has 1 amide bonds. The summed E-state index contributed by atoms with van der Waals surface area (Å²) < 4.78 is 10.9. The van der Waals surface area contributed by atoms with Crippen molar-refractivity contribution < 1.29 is 19.2 Å². The van der Waals surface area contributed by atoms with Crippen LogP contribution in [0.3, 0.4) is 0 Å². The maximum atomic E-state index is 12.4. The Balaban J connectivity index is 1.36. The van der Waals surface area contributed by atoms with Crippen LogP contribution in [0.25, 0.3) is 0 Å². The van der Waals surface area contributed by atoms with Crippen molar-refractivity contribution in [2.24, 2.45) is 0 Å². The number of ether oxygens (including phenoxy) is 1. The molecule has 0 saturated heterocycles. The quantitative estimate of drug-likeness (QED) is 0.376. The van der Waals surface area contributed by atoms with Gasteiger partial charge in [0.15, 0.2) is 11.6 Å². The van der Waals surface area contributed by atoms with Crippen LogP contribution in [0, 0.1) is 0 Å². The van der Waals surface area contributed by atoms with Gasteiger partial charge in [-0.25, -0.2) is 0 Å². The van der Waals surface area contributed by atoms with Crippen LogP contribution in [-0.2, 0) is 13.0 Å². The van der Waals surface area contributed by atoms with E-state index in [1.165, 1.54) is 0 Å². The Bertz CT molecular complexity index is 1220. The lowest BCUT2D eigenvalue weighted by Crippen LogP contribution is -2.23. The zero-order valence-electron chi connectivity index (χ0n) is 16.6. The molecule has 2 N–H and O–H groups in total. The normalized spacial score (nSPS) is 10.7. The van der Waals surface area contributed by atoms with E-state index in [0.717, 1.165) is 11.3 Å². The van der Waals surface area contributed by atoms with Crippen molar-refractivity contribution in [1.82, 2.24) is 15.5 Å². The lowest BCUT2D eigenvalue weighted by atomic mass is 10.1. The number of nitrogens with one attached hydrogen (secondary N) is 1. The van der Waals surface area contributed by atoms with Gasteiger partial charge in [-0.15, -0.1) is 0 Å². The average Bonchev–Trinajstić information content (AvgIpc) is 3.25. The first-order chi connectivity index (χ1) is 15.5. The molecule has 0 aliphatic rings. The molecule has 4 aromatic rings. The highest BCUT2D eigenvalue weighted by atomic mass is 35.5. The lowest BCUT2D eigenvalue weighted by molar-refractivity contribution is 0.0907. The van der Waals surface area contributed by atoms with Gasteiger partial charge in [0.05, 0.1) is 10.0 Å². The van der Waals surface area contributed by atoms with Gasteiger partial charge in [-0.2, -0.15) is 4.98 Å². The van der Waals surface area contributed by atoms with Gasteiger partial charge in [-0.3, -0.25) is 4.79 Å².